The quantitative estimate of drug-likeness (QED) is 0.831. The molecule has 0 radical (unpaired) electrons. The molecule has 0 saturated carbocycles. The van der Waals surface area contributed by atoms with Crippen LogP contribution in [0.4, 0.5) is 5.69 Å². The van der Waals surface area contributed by atoms with Crippen molar-refractivity contribution in [3.8, 4) is 5.75 Å². The van der Waals surface area contributed by atoms with E-state index >= 15 is 0 Å². The minimum absolute atomic E-state index is 0.00838. The van der Waals surface area contributed by atoms with Crippen LogP contribution in [0, 0.1) is 0 Å². The van der Waals surface area contributed by atoms with E-state index in [1.165, 1.54) is 6.92 Å². The van der Waals surface area contributed by atoms with Gasteiger partial charge in [-0.3, -0.25) is 9.59 Å². The first-order chi connectivity index (χ1) is 10.6. The highest BCUT2D eigenvalue weighted by atomic mass is 16.5. The molecule has 114 valence electrons. The van der Waals surface area contributed by atoms with Crippen molar-refractivity contribution in [1.82, 2.24) is 0 Å². The lowest BCUT2D eigenvalue weighted by molar-refractivity contribution is -0.116. The zero-order valence-electron chi connectivity index (χ0n) is 12.8. The van der Waals surface area contributed by atoms with Crippen LogP contribution in [0.3, 0.4) is 0 Å². The number of ether oxygens (including phenoxy) is 1. The number of ketones is 1. The molecule has 0 bridgehead atoms. The summed E-state index contributed by atoms with van der Waals surface area (Å²) in [6.45, 7) is 1.51. The van der Waals surface area contributed by atoms with E-state index in [9.17, 15) is 9.59 Å². The van der Waals surface area contributed by atoms with Gasteiger partial charge in [-0.15, -0.1) is 0 Å². The van der Waals surface area contributed by atoms with Crippen LogP contribution in [0.15, 0.2) is 48.5 Å². The number of benzene rings is 2. The van der Waals surface area contributed by atoms with Crippen molar-refractivity contribution >= 4 is 17.4 Å². The standard InChI is InChI=1S/C18H19NO3/c1-13(20)14-7-10-16(11-8-14)19-18(21)12-9-15-5-3-4-6-17(15)22-2/h3-8,10-11H,9,12H2,1-2H3,(H,19,21). The number of methoxy groups -OCH3 is 1. The molecule has 4 nitrogen and oxygen atoms in total. The molecular weight excluding hydrogens is 278 g/mol. The molecule has 22 heavy (non-hydrogen) atoms. The van der Waals surface area contributed by atoms with Crippen LogP contribution in [0.5, 0.6) is 5.75 Å². The minimum atomic E-state index is -0.0681. The topological polar surface area (TPSA) is 55.4 Å². The summed E-state index contributed by atoms with van der Waals surface area (Å²) in [5.41, 5.74) is 2.33. The first kappa shape index (κ1) is 15.8. The molecule has 0 fully saturated rings. The second kappa shape index (κ2) is 7.41. The summed E-state index contributed by atoms with van der Waals surface area (Å²) in [4.78, 5) is 23.2. The van der Waals surface area contributed by atoms with Crippen molar-refractivity contribution in [2.45, 2.75) is 19.8 Å². The van der Waals surface area contributed by atoms with Crippen molar-refractivity contribution in [3.63, 3.8) is 0 Å². The SMILES string of the molecule is COc1ccccc1CCC(=O)Nc1ccc(C(C)=O)cc1. The van der Waals surface area contributed by atoms with Gasteiger partial charge < -0.3 is 10.1 Å². The maximum Gasteiger partial charge on any atom is 0.224 e. The Balaban J connectivity index is 1.91. The molecule has 0 unspecified atom stereocenters. The third kappa shape index (κ3) is 4.19. The number of nitrogens with one attached hydrogen (secondary N) is 1. The zero-order valence-corrected chi connectivity index (χ0v) is 12.8. The highest BCUT2D eigenvalue weighted by molar-refractivity contribution is 5.95. The fourth-order valence-corrected chi connectivity index (χ4v) is 2.17. The van der Waals surface area contributed by atoms with E-state index in [2.05, 4.69) is 5.32 Å². The number of aryl methyl sites for hydroxylation is 1. The van der Waals surface area contributed by atoms with E-state index in [-0.39, 0.29) is 11.7 Å². The van der Waals surface area contributed by atoms with E-state index < -0.39 is 0 Å². The number of carbonyl (C=O) groups is 2. The van der Waals surface area contributed by atoms with Crippen LogP contribution in [-0.2, 0) is 11.2 Å². The first-order valence-corrected chi connectivity index (χ1v) is 7.13. The average Bonchev–Trinajstić information content (AvgIpc) is 2.53. The summed E-state index contributed by atoms with van der Waals surface area (Å²) in [6.07, 6.45) is 0.982. The van der Waals surface area contributed by atoms with Crippen LogP contribution in [0.2, 0.25) is 0 Å². The lowest BCUT2D eigenvalue weighted by Gasteiger charge is -2.09. The molecule has 0 aliphatic rings. The van der Waals surface area contributed by atoms with E-state index in [4.69, 9.17) is 4.74 Å². The maximum absolute atomic E-state index is 12.0. The Bertz CT molecular complexity index is 662. The van der Waals surface area contributed by atoms with Gasteiger partial charge in [0.25, 0.3) is 0 Å². The van der Waals surface area contributed by atoms with Crippen molar-refractivity contribution < 1.29 is 14.3 Å². The summed E-state index contributed by atoms with van der Waals surface area (Å²) in [5.74, 6) is 0.733. The Kier molecular flexibility index (Phi) is 5.31. The molecule has 2 rings (SSSR count). The number of para-hydroxylation sites is 1. The summed E-state index contributed by atoms with van der Waals surface area (Å²) in [6, 6.07) is 14.5. The Hall–Kier alpha value is -2.62. The Morgan fingerprint density at radius 3 is 2.36 bits per heavy atom. The number of hydrogen-bond donors (Lipinski definition) is 1. The fraction of sp³-hybridized carbons (Fsp3) is 0.222. The third-order valence-corrected chi connectivity index (χ3v) is 3.39. The molecule has 0 aliphatic heterocycles. The maximum atomic E-state index is 12.0. The van der Waals surface area contributed by atoms with Gasteiger partial charge in [-0.1, -0.05) is 18.2 Å². The molecule has 4 heteroatoms. The van der Waals surface area contributed by atoms with Crippen LogP contribution in [0.25, 0.3) is 0 Å². The average molecular weight is 297 g/mol. The number of hydrogen-bond acceptors (Lipinski definition) is 3. The highest BCUT2D eigenvalue weighted by Gasteiger charge is 2.07. The molecule has 1 amide bonds. The molecule has 0 spiro atoms. The number of anilines is 1. The highest BCUT2D eigenvalue weighted by Crippen LogP contribution is 2.19. The lowest BCUT2D eigenvalue weighted by Crippen LogP contribution is -2.12. The number of Topliss-reactive ketones (excluding diaryl/α,β-unsaturated/α-hetero) is 1. The Labute approximate surface area is 130 Å². The van der Waals surface area contributed by atoms with Crippen LogP contribution >= 0.6 is 0 Å². The summed E-state index contributed by atoms with van der Waals surface area (Å²) >= 11 is 0. The van der Waals surface area contributed by atoms with Gasteiger partial charge in [0.05, 0.1) is 7.11 Å². The van der Waals surface area contributed by atoms with Crippen molar-refractivity contribution in [1.29, 1.82) is 0 Å². The van der Waals surface area contributed by atoms with E-state index in [0.717, 1.165) is 11.3 Å². The van der Waals surface area contributed by atoms with E-state index in [1.807, 2.05) is 24.3 Å². The van der Waals surface area contributed by atoms with Crippen molar-refractivity contribution in [3.05, 3.63) is 59.7 Å². The third-order valence-electron chi connectivity index (χ3n) is 3.39. The second-order valence-electron chi connectivity index (χ2n) is 4.99. The molecule has 2 aromatic rings. The van der Waals surface area contributed by atoms with Crippen molar-refractivity contribution in [2.24, 2.45) is 0 Å². The van der Waals surface area contributed by atoms with Crippen LogP contribution in [-0.4, -0.2) is 18.8 Å². The molecule has 0 atom stereocenters. The first-order valence-electron chi connectivity index (χ1n) is 7.13. The number of carbonyl (C=O) groups excluding carboxylic acids is 2. The van der Waals surface area contributed by atoms with Gasteiger partial charge in [-0.25, -0.2) is 0 Å². The van der Waals surface area contributed by atoms with Crippen molar-refractivity contribution in [2.75, 3.05) is 12.4 Å². The monoisotopic (exact) mass is 297 g/mol. The largest absolute Gasteiger partial charge is 0.496 e. The molecular formula is C18H19NO3. The molecule has 0 saturated heterocycles. The van der Waals surface area contributed by atoms with Gasteiger partial charge in [0.15, 0.2) is 5.78 Å². The number of rotatable bonds is 6. The number of amides is 1. The summed E-state index contributed by atoms with van der Waals surface area (Å²) in [7, 11) is 1.62. The van der Waals surface area contributed by atoms with Gasteiger partial charge in [-0.05, 0) is 49.2 Å². The van der Waals surface area contributed by atoms with Gasteiger partial charge in [0, 0.05) is 17.7 Å². The van der Waals surface area contributed by atoms with Crippen LogP contribution < -0.4 is 10.1 Å². The van der Waals surface area contributed by atoms with E-state index in [1.54, 1.807) is 31.4 Å². The predicted octanol–water partition coefficient (Wildman–Crippen LogP) is 3.47. The van der Waals surface area contributed by atoms with Gasteiger partial charge in [0.1, 0.15) is 5.75 Å². The molecule has 0 heterocycles. The summed E-state index contributed by atoms with van der Waals surface area (Å²) < 4.78 is 5.27. The van der Waals surface area contributed by atoms with Gasteiger partial charge in [0.2, 0.25) is 5.91 Å². The normalized spacial score (nSPS) is 10.1. The molecule has 0 aromatic heterocycles. The molecule has 0 aliphatic carbocycles. The summed E-state index contributed by atoms with van der Waals surface area (Å²) in [5, 5.41) is 2.82. The van der Waals surface area contributed by atoms with Crippen LogP contribution in [0.1, 0.15) is 29.3 Å². The van der Waals surface area contributed by atoms with Gasteiger partial charge >= 0.3 is 0 Å². The molecule has 1 N–H and O–H groups in total. The molecule has 2 aromatic carbocycles. The smallest absolute Gasteiger partial charge is 0.224 e. The fourth-order valence-electron chi connectivity index (χ4n) is 2.17. The predicted molar refractivity (Wildman–Crippen MR) is 86.4 cm³/mol. The Morgan fingerprint density at radius 1 is 1.05 bits per heavy atom. The van der Waals surface area contributed by atoms with Gasteiger partial charge in [-0.2, -0.15) is 0 Å². The zero-order chi connectivity index (χ0) is 15.9. The minimum Gasteiger partial charge on any atom is -0.496 e. The lowest BCUT2D eigenvalue weighted by atomic mass is 10.1. The Morgan fingerprint density at radius 2 is 1.73 bits per heavy atom. The van der Waals surface area contributed by atoms with E-state index in [0.29, 0.717) is 24.1 Å². The second-order valence-corrected chi connectivity index (χ2v) is 4.99.